The van der Waals surface area contributed by atoms with Crippen LogP contribution in [0.4, 0.5) is 0 Å². The standard InChI is InChI=1S/C17H16N2O3/c1-12(20)19-17(14-8-10-15(21-2)11-9-14)22-16(18-19)13-6-4-3-5-7-13/h3-11,17H,1-2H3. The minimum Gasteiger partial charge on any atom is -0.497 e. The first-order valence-corrected chi connectivity index (χ1v) is 6.93. The van der Waals surface area contributed by atoms with Gasteiger partial charge in [0, 0.05) is 18.1 Å². The maximum Gasteiger partial charge on any atom is 0.243 e. The van der Waals surface area contributed by atoms with Crippen LogP contribution in [0.5, 0.6) is 5.75 Å². The van der Waals surface area contributed by atoms with Crippen molar-refractivity contribution in [1.29, 1.82) is 0 Å². The Kier molecular flexibility index (Phi) is 3.78. The van der Waals surface area contributed by atoms with Gasteiger partial charge in [0.25, 0.3) is 0 Å². The van der Waals surface area contributed by atoms with E-state index in [1.54, 1.807) is 7.11 Å². The monoisotopic (exact) mass is 296 g/mol. The number of amides is 1. The molecule has 2 aromatic carbocycles. The van der Waals surface area contributed by atoms with Crippen LogP contribution in [0.15, 0.2) is 59.7 Å². The van der Waals surface area contributed by atoms with Crippen LogP contribution in [0.2, 0.25) is 0 Å². The Morgan fingerprint density at radius 1 is 1.14 bits per heavy atom. The molecule has 0 saturated carbocycles. The van der Waals surface area contributed by atoms with Crippen LogP contribution < -0.4 is 4.74 Å². The van der Waals surface area contributed by atoms with E-state index in [9.17, 15) is 4.79 Å². The number of carbonyl (C=O) groups excluding carboxylic acids is 1. The number of hydrogen-bond donors (Lipinski definition) is 0. The fourth-order valence-electron chi connectivity index (χ4n) is 2.25. The van der Waals surface area contributed by atoms with Gasteiger partial charge in [-0.15, -0.1) is 5.10 Å². The summed E-state index contributed by atoms with van der Waals surface area (Å²) in [5, 5.41) is 5.66. The lowest BCUT2D eigenvalue weighted by Gasteiger charge is -2.19. The van der Waals surface area contributed by atoms with E-state index < -0.39 is 6.23 Å². The Hall–Kier alpha value is -2.82. The number of methoxy groups -OCH3 is 1. The summed E-state index contributed by atoms with van der Waals surface area (Å²) in [4.78, 5) is 11.8. The lowest BCUT2D eigenvalue weighted by atomic mass is 10.2. The molecule has 0 bridgehead atoms. The first-order valence-electron chi connectivity index (χ1n) is 6.93. The third kappa shape index (κ3) is 2.65. The second-order valence-electron chi connectivity index (χ2n) is 4.88. The van der Waals surface area contributed by atoms with E-state index in [0.29, 0.717) is 5.90 Å². The van der Waals surface area contributed by atoms with Crippen molar-refractivity contribution in [1.82, 2.24) is 5.01 Å². The molecule has 5 heteroatoms. The van der Waals surface area contributed by atoms with Crippen LogP contribution in [0.3, 0.4) is 0 Å². The van der Waals surface area contributed by atoms with Crippen LogP contribution in [0, 0.1) is 0 Å². The number of benzene rings is 2. The molecule has 2 aromatic rings. The van der Waals surface area contributed by atoms with Gasteiger partial charge < -0.3 is 9.47 Å². The predicted molar refractivity (Wildman–Crippen MR) is 82.3 cm³/mol. The Labute approximate surface area is 128 Å². The molecule has 0 saturated heterocycles. The molecule has 0 aliphatic carbocycles. The highest BCUT2D eigenvalue weighted by Crippen LogP contribution is 2.31. The first-order chi connectivity index (χ1) is 10.7. The summed E-state index contributed by atoms with van der Waals surface area (Å²) in [6.07, 6.45) is -0.557. The maximum absolute atomic E-state index is 11.8. The van der Waals surface area contributed by atoms with E-state index in [-0.39, 0.29) is 5.91 Å². The third-order valence-corrected chi connectivity index (χ3v) is 3.39. The van der Waals surface area contributed by atoms with Crippen molar-refractivity contribution >= 4 is 11.8 Å². The number of carbonyl (C=O) groups is 1. The minimum atomic E-state index is -0.557. The summed E-state index contributed by atoms with van der Waals surface area (Å²) in [6.45, 7) is 1.47. The number of hydrogen-bond acceptors (Lipinski definition) is 4. The second-order valence-corrected chi connectivity index (χ2v) is 4.88. The van der Waals surface area contributed by atoms with Crippen LogP contribution in [-0.4, -0.2) is 23.9 Å². The Morgan fingerprint density at radius 3 is 2.41 bits per heavy atom. The highest BCUT2D eigenvalue weighted by molar-refractivity contribution is 5.96. The molecule has 0 aromatic heterocycles. The van der Waals surface area contributed by atoms with Crippen LogP contribution in [0.1, 0.15) is 24.3 Å². The summed E-state index contributed by atoms with van der Waals surface area (Å²) >= 11 is 0. The average Bonchev–Trinajstić information content (AvgIpc) is 3.01. The van der Waals surface area contributed by atoms with Crippen molar-refractivity contribution in [2.45, 2.75) is 13.2 Å². The molecule has 22 heavy (non-hydrogen) atoms. The molecule has 1 amide bonds. The highest BCUT2D eigenvalue weighted by atomic mass is 16.5. The van der Waals surface area contributed by atoms with Crippen LogP contribution >= 0.6 is 0 Å². The zero-order chi connectivity index (χ0) is 15.5. The Morgan fingerprint density at radius 2 is 1.82 bits per heavy atom. The van der Waals surface area contributed by atoms with E-state index in [2.05, 4.69) is 5.10 Å². The number of rotatable bonds is 3. The molecule has 0 N–H and O–H groups in total. The van der Waals surface area contributed by atoms with E-state index in [0.717, 1.165) is 16.9 Å². The topological polar surface area (TPSA) is 51.1 Å². The van der Waals surface area contributed by atoms with Crippen molar-refractivity contribution in [2.24, 2.45) is 5.10 Å². The number of nitrogens with zero attached hydrogens (tertiary/aromatic N) is 2. The summed E-state index contributed by atoms with van der Waals surface area (Å²) in [5.74, 6) is 1.02. The van der Waals surface area contributed by atoms with Gasteiger partial charge in [-0.25, -0.2) is 0 Å². The molecule has 1 atom stereocenters. The first kappa shape index (κ1) is 14.1. The van der Waals surface area contributed by atoms with Crippen LogP contribution in [-0.2, 0) is 9.53 Å². The molecule has 112 valence electrons. The molecule has 1 aliphatic rings. The smallest absolute Gasteiger partial charge is 0.243 e. The Balaban J connectivity index is 1.90. The molecular formula is C17H16N2O3. The number of ether oxygens (including phenoxy) is 2. The van der Waals surface area contributed by atoms with Crippen molar-refractivity contribution in [3.8, 4) is 5.75 Å². The molecular weight excluding hydrogens is 280 g/mol. The van der Waals surface area contributed by atoms with Gasteiger partial charge in [0.15, 0.2) is 0 Å². The SMILES string of the molecule is COc1ccc(C2OC(c3ccccc3)=NN2C(C)=O)cc1. The summed E-state index contributed by atoms with van der Waals surface area (Å²) < 4.78 is 11.0. The van der Waals surface area contributed by atoms with Crippen LogP contribution in [0.25, 0.3) is 0 Å². The molecule has 0 fully saturated rings. The van der Waals surface area contributed by atoms with E-state index in [1.165, 1.54) is 11.9 Å². The fraction of sp³-hybridized carbons (Fsp3) is 0.176. The van der Waals surface area contributed by atoms with Crippen molar-refractivity contribution in [3.63, 3.8) is 0 Å². The van der Waals surface area contributed by atoms with Gasteiger partial charge in [-0.05, 0) is 36.4 Å². The normalized spacial score (nSPS) is 16.9. The lowest BCUT2D eigenvalue weighted by Crippen LogP contribution is -2.25. The summed E-state index contributed by atoms with van der Waals surface area (Å²) in [7, 11) is 1.61. The van der Waals surface area contributed by atoms with Gasteiger partial charge in [0.2, 0.25) is 18.0 Å². The van der Waals surface area contributed by atoms with Gasteiger partial charge in [-0.1, -0.05) is 18.2 Å². The molecule has 5 nitrogen and oxygen atoms in total. The van der Waals surface area contributed by atoms with Crippen molar-refractivity contribution in [2.75, 3.05) is 7.11 Å². The van der Waals surface area contributed by atoms with Gasteiger partial charge >= 0.3 is 0 Å². The quantitative estimate of drug-likeness (QED) is 0.875. The molecule has 0 radical (unpaired) electrons. The number of hydrazone groups is 1. The summed E-state index contributed by atoms with van der Waals surface area (Å²) in [5.41, 5.74) is 1.68. The van der Waals surface area contributed by atoms with Crippen molar-refractivity contribution in [3.05, 3.63) is 65.7 Å². The van der Waals surface area contributed by atoms with Gasteiger partial charge in [0.1, 0.15) is 5.75 Å². The third-order valence-electron chi connectivity index (χ3n) is 3.39. The zero-order valence-corrected chi connectivity index (χ0v) is 12.4. The molecule has 0 spiro atoms. The van der Waals surface area contributed by atoms with Crippen molar-refractivity contribution < 1.29 is 14.3 Å². The fourth-order valence-corrected chi connectivity index (χ4v) is 2.25. The average molecular weight is 296 g/mol. The highest BCUT2D eigenvalue weighted by Gasteiger charge is 2.32. The molecule has 1 aliphatic heterocycles. The largest absolute Gasteiger partial charge is 0.497 e. The Bertz CT molecular complexity index is 696. The van der Waals surface area contributed by atoms with E-state index in [1.807, 2.05) is 54.6 Å². The molecule has 1 unspecified atom stereocenters. The molecule has 1 heterocycles. The van der Waals surface area contributed by atoms with Gasteiger partial charge in [-0.3, -0.25) is 4.79 Å². The summed E-state index contributed by atoms with van der Waals surface area (Å²) in [6, 6.07) is 16.9. The van der Waals surface area contributed by atoms with E-state index in [4.69, 9.17) is 9.47 Å². The van der Waals surface area contributed by atoms with E-state index >= 15 is 0 Å². The van der Waals surface area contributed by atoms with Gasteiger partial charge in [-0.2, -0.15) is 5.01 Å². The zero-order valence-electron chi connectivity index (χ0n) is 12.4. The second kappa shape index (κ2) is 5.89. The predicted octanol–water partition coefficient (Wildman–Crippen LogP) is 2.93. The molecule has 3 rings (SSSR count). The maximum atomic E-state index is 11.8. The lowest BCUT2D eigenvalue weighted by molar-refractivity contribution is -0.135. The van der Waals surface area contributed by atoms with Gasteiger partial charge in [0.05, 0.1) is 7.11 Å². The minimum absolute atomic E-state index is 0.174.